The molecule has 5 nitrogen and oxygen atoms in total. The third-order valence-corrected chi connectivity index (χ3v) is 4.21. The molecule has 0 aliphatic heterocycles. The molecule has 0 saturated heterocycles. The summed E-state index contributed by atoms with van der Waals surface area (Å²) in [5.74, 6) is 1.19. The Bertz CT molecular complexity index is 871. The van der Waals surface area contributed by atoms with Crippen LogP contribution in [-0.2, 0) is 5.41 Å². The number of aliphatic hydroxyl groups is 1. The van der Waals surface area contributed by atoms with E-state index in [1.807, 2.05) is 36.4 Å². The summed E-state index contributed by atoms with van der Waals surface area (Å²) in [6.07, 6.45) is 0. The van der Waals surface area contributed by atoms with Crippen molar-refractivity contribution in [1.29, 1.82) is 0 Å². The molecule has 0 aliphatic carbocycles. The lowest BCUT2D eigenvalue weighted by Crippen LogP contribution is -2.11. The van der Waals surface area contributed by atoms with Gasteiger partial charge < -0.3 is 15.7 Å². The molecule has 3 rings (SSSR count). The van der Waals surface area contributed by atoms with Crippen LogP contribution in [0.5, 0.6) is 0 Å². The third kappa shape index (κ3) is 5.05. The van der Waals surface area contributed by atoms with Crippen LogP contribution in [0.4, 0.5) is 17.5 Å². The molecular formula is C22H26N4O. The van der Waals surface area contributed by atoms with Gasteiger partial charge in [-0.3, -0.25) is 0 Å². The highest BCUT2D eigenvalue weighted by Gasteiger charge is 2.13. The van der Waals surface area contributed by atoms with Gasteiger partial charge in [-0.1, -0.05) is 63.2 Å². The zero-order valence-corrected chi connectivity index (χ0v) is 16.0. The van der Waals surface area contributed by atoms with E-state index < -0.39 is 0 Å². The minimum absolute atomic E-state index is 0.0238. The van der Waals surface area contributed by atoms with E-state index in [1.54, 1.807) is 0 Å². The molecule has 3 N–H and O–H groups in total. The largest absolute Gasteiger partial charge is 0.395 e. The predicted molar refractivity (Wildman–Crippen MR) is 111 cm³/mol. The Kier molecular flexibility index (Phi) is 5.72. The summed E-state index contributed by atoms with van der Waals surface area (Å²) in [5, 5.41) is 15.5. The van der Waals surface area contributed by atoms with Crippen LogP contribution in [0.25, 0.3) is 11.3 Å². The molecule has 0 unspecified atom stereocenters. The van der Waals surface area contributed by atoms with Crippen molar-refractivity contribution in [1.82, 2.24) is 9.97 Å². The fourth-order valence-electron chi connectivity index (χ4n) is 2.72. The van der Waals surface area contributed by atoms with E-state index in [2.05, 4.69) is 65.6 Å². The number of nitrogens with one attached hydrogen (secondary N) is 2. The van der Waals surface area contributed by atoms with Gasteiger partial charge in [0.05, 0.1) is 12.3 Å². The van der Waals surface area contributed by atoms with E-state index in [1.165, 1.54) is 5.56 Å². The standard InChI is InChI=1S/C22H26N4O/c1-22(2,3)17-9-11-18(12-10-17)24-20-15-19(16-7-5-4-6-8-16)25-21(26-20)23-13-14-27/h4-12,15,27H,13-14H2,1-3H3,(H2,23,24,25,26). The summed E-state index contributed by atoms with van der Waals surface area (Å²) in [6, 6.07) is 20.3. The van der Waals surface area contributed by atoms with Gasteiger partial charge in [-0.2, -0.15) is 4.98 Å². The summed E-state index contributed by atoms with van der Waals surface area (Å²) < 4.78 is 0. The first-order valence-electron chi connectivity index (χ1n) is 9.12. The van der Waals surface area contributed by atoms with Crippen LogP contribution in [0, 0.1) is 0 Å². The van der Waals surface area contributed by atoms with Crippen LogP contribution in [0.2, 0.25) is 0 Å². The van der Waals surface area contributed by atoms with Crippen LogP contribution >= 0.6 is 0 Å². The van der Waals surface area contributed by atoms with Gasteiger partial charge in [0.2, 0.25) is 5.95 Å². The smallest absolute Gasteiger partial charge is 0.225 e. The minimum atomic E-state index is 0.0238. The summed E-state index contributed by atoms with van der Waals surface area (Å²) in [5.41, 5.74) is 4.20. The van der Waals surface area contributed by atoms with Crippen molar-refractivity contribution < 1.29 is 5.11 Å². The lowest BCUT2D eigenvalue weighted by molar-refractivity contribution is 0.311. The van der Waals surface area contributed by atoms with E-state index in [0.29, 0.717) is 18.3 Å². The van der Waals surface area contributed by atoms with Gasteiger partial charge in [-0.05, 0) is 23.1 Å². The number of hydrogen-bond donors (Lipinski definition) is 3. The molecule has 140 valence electrons. The molecule has 5 heteroatoms. The Balaban J connectivity index is 1.89. The van der Waals surface area contributed by atoms with E-state index in [4.69, 9.17) is 5.11 Å². The lowest BCUT2D eigenvalue weighted by Gasteiger charge is -2.19. The summed E-state index contributed by atoms with van der Waals surface area (Å²) >= 11 is 0. The molecule has 3 aromatic rings. The maximum absolute atomic E-state index is 9.08. The Hall–Kier alpha value is -2.92. The first kappa shape index (κ1) is 18.9. The molecule has 0 amide bonds. The van der Waals surface area contributed by atoms with Gasteiger partial charge in [0.1, 0.15) is 5.82 Å². The van der Waals surface area contributed by atoms with Crippen LogP contribution in [0.15, 0.2) is 60.7 Å². The SMILES string of the molecule is CC(C)(C)c1ccc(Nc2cc(-c3ccccc3)nc(NCCO)n2)cc1. The second kappa shape index (κ2) is 8.18. The summed E-state index contributed by atoms with van der Waals surface area (Å²) in [6.45, 7) is 7.02. The molecule has 0 saturated carbocycles. The van der Waals surface area contributed by atoms with Gasteiger partial charge in [0, 0.05) is 23.9 Å². The zero-order valence-electron chi connectivity index (χ0n) is 16.0. The molecule has 0 fully saturated rings. The lowest BCUT2D eigenvalue weighted by atomic mass is 9.87. The fraction of sp³-hybridized carbons (Fsp3) is 0.273. The van der Waals surface area contributed by atoms with Crippen molar-refractivity contribution in [3.63, 3.8) is 0 Å². The number of aliphatic hydroxyl groups excluding tert-OH is 1. The third-order valence-electron chi connectivity index (χ3n) is 4.21. The van der Waals surface area contributed by atoms with Crippen LogP contribution < -0.4 is 10.6 Å². The molecule has 1 aromatic heterocycles. The van der Waals surface area contributed by atoms with Crippen molar-refractivity contribution in [2.75, 3.05) is 23.8 Å². The van der Waals surface area contributed by atoms with E-state index in [9.17, 15) is 0 Å². The van der Waals surface area contributed by atoms with Crippen LogP contribution in [0.1, 0.15) is 26.3 Å². The Labute approximate surface area is 160 Å². The Morgan fingerprint density at radius 1 is 0.926 bits per heavy atom. The Morgan fingerprint density at radius 3 is 2.26 bits per heavy atom. The number of benzene rings is 2. The molecule has 0 spiro atoms. The highest BCUT2D eigenvalue weighted by Crippen LogP contribution is 2.26. The minimum Gasteiger partial charge on any atom is -0.395 e. The first-order valence-corrected chi connectivity index (χ1v) is 9.12. The fourth-order valence-corrected chi connectivity index (χ4v) is 2.72. The van der Waals surface area contributed by atoms with E-state index in [-0.39, 0.29) is 12.0 Å². The Morgan fingerprint density at radius 2 is 1.63 bits per heavy atom. The number of hydrogen-bond acceptors (Lipinski definition) is 5. The molecular weight excluding hydrogens is 336 g/mol. The summed E-state index contributed by atoms with van der Waals surface area (Å²) in [7, 11) is 0. The van der Waals surface area contributed by atoms with Crippen LogP contribution in [0.3, 0.4) is 0 Å². The average Bonchev–Trinajstić information content (AvgIpc) is 2.66. The number of rotatable bonds is 6. The van der Waals surface area contributed by atoms with E-state index in [0.717, 1.165) is 16.9 Å². The van der Waals surface area contributed by atoms with Gasteiger partial charge >= 0.3 is 0 Å². The first-order chi connectivity index (χ1) is 13.0. The normalized spacial score (nSPS) is 11.3. The molecule has 27 heavy (non-hydrogen) atoms. The maximum Gasteiger partial charge on any atom is 0.225 e. The van der Waals surface area contributed by atoms with E-state index >= 15 is 0 Å². The number of anilines is 3. The topological polar surface area (TPSA) is 70.1 Å². The van der Waals surface area contributed by atoms with Crippen LogP contribution in [-0.4, -0.2) is 28.2 Å². The van der Waals surface area contributed by atoms with Crippen molar-refractivity contribution in [2.24, 2.45) is 0 Å². The van der Waals surface area contributed by atoms with Gasteiger partial charge in [-0.25, -0.2) is 4.98 Å². The number of aromatic nitrogens is 2. The highest BCUT2D eigenvalue weighted by atomic mass is 16.3. The molecule has 0 aliphatic rings. The summed E-state index contributed by atoms with van der Waals surface area (Å²) in [4.78, 5) is 9.07. The second-order valence-electron chi connectivity index (χ2n) is 7.43. The monoisotopic (exact) mass is 362 g/mol. The van der Waals surface area contributed by atoms with Crippen molar-refractivity contribution >= 4 is 17.5 Å². The van der Waals surface area contributed by atoms with Crippen molar-refractivity contribution in [3.05, 3.63) is 66.2 Å². The van der Waals surface area contributed by atoms with Gasteiger partial charge in [0.15, 0.2) is 0 Å². The second-order valence-corrected chi connectivity index (χ2v) is 7.43. The average molecular weight is 362 g/mol. The molecule has 0 radical (unpaired) electrons. The number of nitrogens with zero attached hydrogens (tertiary/aromatic N) is 2. The quantitative estimate of drug-likeness (QED) is 0.598. The van der Waals surface area contributed by atoms with Crippen molar-refractivity contribution in [2.45, 2.75) is 26.2 Å². The van der Waals surface area contributed by atoms with Gasteiger partial charge in [-0.15, -0.1) is 0 Å². The molecule has 0 atom stereocenters. The highest BCUT2D eigenvalue weighted by molar-refractivity contribution is 5.67. The molecule has 2 aromatic carbocycles. The predicted octanol–water partition coefficient (Wildman–Crippen LogP) is 4.59. The molecule has 1 heterocycles. The molecule has 0 bridgehead atoms. The maximum atomic E-state index is 9.08. The van der Waals surface area contributed by atoms with Crippen molar-refractivity contribution in [3.8, 4) is 11.3 Å². The van der Waals surface area contributed by atoms with Gasteiger partial charge in [0.25, 0.3) is 0 Å². The zero-order chi connectivity index (χ0) is 19.3.